The molecule has 0 radical (unpaired) electrons. The average Bonchev–Trinajstić information content (AvgIpc) is 2.44. The number of benzene rings is 1. The Morgan fingerprint density at radius 2 is 1.85 bits per heavy atom. The van der Waals surface area contributed by atoms with Crippen LogP contribution in [0, 0.1) is 11.3 Å². The molecule has 2 nitrogen and oxygen atoms in total. The molecule has 1 aromatic carbocycles. The van der Waals surface area contributed by atoms with E-state index in [4.69, 9.17) is 17.3 Å². The Morgan fingerprint density at radius 1 is 1.25 bits per heavy atom. The van der Waals surface area contributed by atoms with Gasteiger partial charge in [0.15, 0.2) is 0 Å². The number of hydrogen-bond donors (Lipinski definition) is 1. The molecule has 112 valence electrons. The van der Waals surface area contributed by atoms with Gasteiger partial charge in [0.1, 0.15) is 0 Å². The molecule has 0 aromatic heterocycles. The van der Waals surface area contributed by atoms with Crippen molar-refractivity contribution in [3.63, 3.8) is 0 Å². The van der Waals surface area contributed by atoms with Crippen molar-refractivity contribution in [1.82, 2.24) is 4.90 Å². The van der Waals surface area contributed by atoms with Crippen LogP contribution in [0.4, 0.5) is 0 Å². The Balaban J connectivity index is 1.92. The van der Waals surface area contributed by atoms with Gasteiger partial charge in [0, 0.05) is 18.1 Å². The molecule has 1 saturated carbocycles. The third-order valence-corrected chi connectivity index (χ3v) is 4.99. The third kappa shape index (κ3) is 4.21. The highest BCUT2D eigenvalue weighted by Gasteiger charge is 2.33. The maximum Gasteiger partial charge on any atom is 0.0406 e. The lowest BCUT2D eigenvalue weighted by atomic mass is 9.70. The Bertz CT molecular complexity index is 408. The monoisotopic (exact) mass is 294 g/mol. The van der Waals surface area contributed by atoms with Gasteiger partial charge < -0.3 is 10.6 Å². The van der Waals surface area contributed by atoms with Gasteiger partial charge in [-0.05, 0) is 55.5 Å². The molecule has 0 aliphatic heterocycles. The van der Waals surface area contributed by atoms with Crippen LogP contribution in [0.3, 0.4) is 0 Å². The van der Waals surface area contributed by atoms with Gasteiger partial charge in [-0.2, -0.15) is 0 Å². The Morgan fingerprint density at radius 3 is 2.40 bits per heavy atom. The number of halogens is 1. The van der Waals surface area contributed by atoms with Crippen LogP contribution in [0.25, 0.3) is 0 Å². The zero-order valence-electron chi connectivity index (χ0n) is 12.7. The predicted molar refractivity (Wildman–Crippen MR) is 86.9 cm³/mol. The first kappa shape index (κ1) is 15.8. The predicted octanol–water partition coefficient (Wildman–Crippen LogP) is 3.93. The molecule has 1 aliphatic carbocycles. The second-order valence-electron chi connectivity index (χ2n) is 6.69. The van der Waals surface area contributed by atoms with E-state index in [1.54, 1.807) is 0 Å². The number of nitrogens with zero attached hydrogens (tertiary/aromatic N) is 1. The fourth-order valence-electron chi connectivity index (χ4n) is 3.33. The summed E-state index contributed by atoms with van der Waals surface area (Å²) in [5, 5.41) is 0.802. The Kier molecular flexibility index (Phi) is 5.48. The van der Waals surface area contributed by atoms with Crippen molar-refractivity contribution in [1.29, 1.82) is 0 Å². The molecule has 3 heteroatoms. The van der Waals surface area contributed by atoms with Crippen LogP contribution in [-0.2, 0) is 6.54 Å². The summed E-state index contributed by atoms with van der Waals surface area (Å²) in [5.41, 5.74) is 7.74. The molecule has 1 fully saturated rings. The maximum atomic E-state index is 6.10. The maximum absolute atomic E-state index is 6.10. The van der Waals surface area contributed by atoms with Crippen LogP contribution in [-0.4, -0.2) is 25.0 Å². The van der Waals surface area contributed by atoms with Gasteiger partial charge in [0.05, 0.1) is 0 Å². The summed E-state index contributed by atoms with van der Waals surface area (Å²) in [7, 11) is 2.20. The molecular weight excluding hydrogens is 268 g/mol. The van der Waals surface area contributed by atoms with Crippen LogP contribution in [0.1, 0.15) is 38.2 Å². The molecule has 1 aromatic rings. The summed E-state index contributed by atoms with van der Waals surface area (Å²) in [4.78, 5) is 2.41. The minimum Gasteiger partial charge on any atom is -0.330 e. The molecule has 2 N–H and O–H groups in total. The second-order valence-corrected chi connectivity index (χ2v) is 7.12. The average molecular weight is 295 g/mol. The molecule has 0 atom stereocenters. The lowest BCUT2D eigenvalue weighted by Gasteiger charge is -2.41. The van der Waals surface area contributed by atoms with Gasteiger partial charge in [0.25, 0.3) is 0 Å². The van der Waals surface area contributed by atoms with Crippen molar-refractivity contribution < 1.29 is 0 Å². The largest absolute Gasteiger partial charge is 0.330 e. The first-order chi connectivity index (χ1) is 9.53. The van der Waals surface area contributed by atoms with E-state index in [0.717, 1.165) is 30.6 Å². The van der Waals surface area contributed by atoms with E-state index < -0.39 is 0 Å². The summed E-state index contributed by atoms with van der Waals surface area (Å²) < 4.78 is 0. The molecule has 0 saturated heterocycles. The second kappa shape index (κ2) is 6.93. The number of nitrogens with two attached hydrogens (primary N) is 1. The van der Waals surface area contributed by atoms with E-state index >= 15 is 0 Å². The van der Waals surface area contributed by atoms with Crippen LogP contribution < -0.4 is 5.73 Å². The van der Waals surface area contributed by atoms with Gasteiger partial charge in [-0.25, -0.2) is 0 Å². The lowest BCUT2D eigenvalue weighted by molar-refractivity contribution is 0.105. The summed E-state index contributed by atoms with van der Waals surface area (Å²) in [6.07, 6.45) is 5.20. The molecular formula is C17H27ClN2. The van der Waals surface area contributed by atoms with Gasteiger partial charge in [-0.15, -0.1) is 0 Å². The highest BCUT2D eigenvalue weighted by molar-refractivity contribution is 6.30. The quantitative estimate of drug-likeness (QED) is 0.891. The van der Waals surface area contributed by atoms with E-state index in [9.17, 15) is 0 Å². The first-order valence-electron chi connectivity index (χ1n) is 7.66. The zero-order chi connectivity index (χ0) is 14.6. The molecule has 20 heavy (non-hydrogen) atoms. The van der Waals surface area contributed by atoms with E-state index in [2.05, 4.69) is 31.0 Å². The van der Waals surface area contributed by atoms with E-state index in [1.165, 1.54) is 31.2 Å². The topological polar surface area (TPSA) is 29.3 Å². The van der Waals surface area contributed by atoms with Crippen molar-refractivity contribution in [2.24, 2.45) is 17.1 Å². The van der Waals surface area contributed by atoms with Crippen LogP contribution in [0.15, 0.2) is 24.3 Å². The molecule has 0 spiro atoms. The number of rotatable bonds is 5. The molecule has 0 bridgehead atoms. The Labute approximate surface area is 128 Å². The van der Waals surface area contributed by atoms with Gasteiger partial charge in [0.2, 0.25) is 0 Å². The highest BCUT2D eigenvalue weighted by atomic mass is 35.5. The smallest absolute Gasteiger partial charge is 0.0406 e. The molecule has 1 aliphatic rings. The summed E-state index contributed by atoms with van der Waals surface area (Å²) in [5.74, 6) is 0.872. The van der Waals surface area contributed by atoms with E-state index in [1.807, 2.05) is 12.1 Å². The molecule has 2 rings (SSSR count). The van der Waals surface area contributed by atoms with E-state index in [-0.39, 0.29) is 0 Å². The van der Waals surface area contributed by atoms with Crippen LogP contribution >= 0.6 is 11.6 Å². The first-order valence-corrected chi connectivity index (χ1v) is 8.04. The summed E-state index contributed by atoms with van der Waals surface area (Å²) in [6, 6.07) is 8.14. The molecule has 0 heterocycles. The highest BCUT2D eigenvalue weighted by Crippen LogP contribution is 2.38. The Hall–Kier alpha value is -0.570. The molecule has 0 amide bonds. The van der Waals surface area contributed by atoms with Gasteiger partial charge in [-0.3, -0.25) is 0 Å². The SMILES string of the molecule is CC1CCC(CN)(CN(C)Cc2ccc(Cl)cc2)CC1. The third-order valence-electron chi connectivity index (χ3n) is 4.74. The fourth-order valence-corrected chi connectivity index (χ4v) is 3.46. The van der Waals surface area contributed by atoms with Crippen LogP contribution in [0.2, 0.25) is 5.02 Å². The van der Waals surface area contributed by atoms with E-state index in [0.29, 0.717) is 5.41 Å². The standard InChI is InChI=1S/C17H27ClN2/c1-14-7-9-17(12-19,10-8-14)13-20(2)11-15-3-5-16(18)6-4-15/h3-6,14H,7-13,19H2,1-2H3. The van der Waals surface area contributed by atoms with Crippen molar-refractivity contribution >= 4 is 11.6 Å². The van der Waals surface area contributed by atoms with Crippen molar-refractivity contribution in [3.05, 3.63) is 34.9 Å². The normalized spacial score (nSPS) is 26.9. The zero-order valence-corrected chi connectivity index (χ0v) is 13.5. The van der Waals surface area contributed by atoms with Crippen molar-refractivity contribution in [3.8, 4) is 0 Å². The van der Waals surface area contributed by atoms with Crippen molar-refractivity contribution in [2.75, 3.05) is 20.1 Å². The molecule has 0 unspecified atom stereocenters. The summed E-state index contributed by atoms with van der Waals surface area (Å²) >= 11 is 5.93. The van der Waals surface area contributed by atoms with Gasteiger partial charge in [-0.1, -0.05) is 43.5 Å². The minimum absolute atomic E-state index is 0.327. The minimum atomic E-state index is 0.327. The van der Waals surface area contributed by atoms with Crippen LogP contribution in [0.5, 0.6) is 0 Å². The lowest BCUT2D eigenvalue weighted by Crippen LogP contribution is -2.43. The van der Waals surface area contributed by atoms with Gasteiger partial charge >= 0.3 is 0 Å². The summed E-state index contributed by atoms with van der Waals surface area (Å²) in [6.45, 7) is 5.23. The number of hydrogen-bond acceptors (Lipinski definition) is 2. The fraction of sp³-hybridized carbons (Fsp3) is 0.647. The van der Waals surface area contributed by atoms with Crippen molar-refractivity contribution in [2.45, 2.75) is 39.2 Å².